The number of nitrogens with zero attached hydrogens (tertiary/aromatic N) is 3. The molecule has 2 fully saturated rings. The second-order valence-electron chi connectivity index (χ2n) is 12.5. The number of hydrogen-bond donors (Lipinski definition) is 2. The van der Waals surface area contributed by atoms with Crippen LogP contribution in [0.3, 0.4) is 0 Å². The Labute approximate surface area is 280 Å². The first kappa shape index (κ1) is 32.4. The van der Waals surface area contributed by atoms with E-state index in [1.54, 1.807) is 0 Å². The molecule has 0 aliphatic carbocycles. The molecule has 0 unspecified atom stereocenters. The molecular weight excluding hydrogens is 649 g/mol. The lowest BCUT2D eigenvalue weighted by Crippen LogP contribution is -2.37. The fraction of sp³-hybridized carbons (Fsp3) is 0.278. The number of benzene rings is 5. The predicted octanol–water partition coefficient (Wildman–Crippen LogP) is 7.33. The molecule has 0 amide bonds. The maximum Gasteiger partial charge on any atom is 0.243 e. The lowest BCUT2D eigenvalue weighted by molar-refractivity contribution is 0.319. The topological polar surface area (TPSA) is 136 Å². The quantitative estimate of drug-likeness (QED) is 0.0992. The van der Waals surface area contributed by atoms with Gasteiger partial charge in [-0.15, -0.1) is 4.91 Å². The van der Waals surface area contributed by atoms with E-state index in [2.05, 4.69) is 34.9 Å². The van der Waals surface area contributed by atoms with Crippen molar-refractivity contribution in [2.75, 3.05) is 31.7 Å². The van der Waals surface area contributed by atoms with E-state index in [0.29, 0.717) is 62.6 Å². The maximum absolute atomic E-state index is 13.8. The summed E-state index contributed by atoms with van der Waals surface area (Å²) in [5.41, 5.74) is 4.68. The van der Waals surface area contributed by atoms with Crippen molar-refractivity contribution >= 4 is 53.0 Å². The summed E-state index contributed by atoms with van der Waals surface area (Å²) in [6.07, 6.45) is 2.73. The minimum Gasteiger partial charge on any atom is -0.291 e. The summed E-state index contributed by atoms with van der Waals surface area (Å²) in [6.45, 7) is 1.40. The molecular formula is C36H36N4O6S2. The molecule has 2 aliphatic rings. The van der Waals surface area contributed by atoms with Gasteiger partial charge in [-0.05, 0) is 78.1 Å². The van der Waals surface area contributed by atoms with E-state index in [-0.39, 0.29) is 43.8 Å². The van der Waals surface area contributed by atoms with E-state index >= 15 is 0 Å². The van der Waals surface area contributed by atoms with Gasteiger partial charge >= 0.3 is 0 Å². The Kier molecular flexibility index (Phi) is 8.77. The monoisotopic (exact) mass is 684 g/mol. The first-order valence-electron chi connectivity index (χ1n) is 16.1. The minimum atomic E-state index is -3.92. The number of anilines is 1. The van der Waals surface area contributed by atoms with Gasteiger partial charge in [-0.1, -0.05) is 72.8 Å². The smallest absolute Gasteiger partial charge is 0.243 e. The highest BCUT2D eigenvalue weighted by atomic mass is 32.2. The minimum absolute atomic E-state index is 0.00800. The number of nitrogens with one attached hydrogen (secondary N) is 1. The van der Waals surface area contributed by atoms with E-state index in [0.717, 1.165) is 0 Å². The molecule has 0 radical (unpaired) electrons. The van der Waals surface area contributed by atoms with E-state index in [4.69, 9.17) is 0 Å². The molecule has 2 N–H and O–H groups in total. The Balaban J connectivity index is 1.21. The molecule has 0 aromatic heterocycles. The van der Waals surface area contributed by atoms with Crippen LogP contribution in [0.4, 0.5) is 11.4 Å². The summed E-state index contributed by atoms with van der Waals surface area (Å²) in [7, 11) is -7.85. The summed E-state index contributed by atoms with van der Waals surface area (Å²) in [4.78, 5) is 12.4. The maximum atomic E-state index is 13.8. The highest BCUT2D eigenvalue weighted by Gasteiger charge is 2.32. The molecule has 2 saturated heterocycles. The van der Waals surface area contributed by atoms with Gasteiger partial charge in [0.05, 0.1) is 15.5 Å². The van der Waals surface area contributed by atoms with Gasteiger partial charge in [0, 0.05) is 47.7 Å². The third kappa shape index (κ3) is 5.77. The van der Waals surface area contributed by atoms with Crippen molar-refractivity contribution in [3.63, 3.8) is 0 Å². The molecule has 48 heavy (non-hydrogen) atoms. The lowest BCUT2D eigenvalue weighted by Gasteiger charge is -2.31. The van der Waals surface area contributed by atoms with Crippen molar-refractivity contribution in [1.82, 2.24) is 8.61 Å². The molecule has 7 rings (SSSR count). The molecule has 0 saturated carbocycles. The largest absolute Gasteiger partial charge is 0.291 e. The average Bonchev–Trinajstić information content (AvgIpc) is 3.14. The first-order valence-corrected chi connectivity index (χ1v) is 19.0. The van der Waals surface area contributed by atoms with Gasteiger partial charge in [-0.2, -0.15) is 8.61 Å². The second kappa shape index (κ2) is 13.0. The Hall–Kier alpha value is -4.20. The van der Waals surface area contributed by atoms with Crippen LogP contribution in [0, 0.1) is 4.91 Å². The third-order valence-electron chi connectivity index (χ3n) is 9.96. The standard InChI is InChI=1S/C36H36N4O6S2/c41-37-35-31-13-11-29(47(43,44)39-19-15-27(16-20-39)25-7-3-1-4-8-25)23-33(31)36(38-42)34-24-30(12-14-32(34)35)48(45,46)40-21-17-28(18-22-40)26-9-5-2-6-10-26/h1-14,23-24,27-28,37,41H,15-22H2. The summed E-state index contributed by atoms with van der Waals surface area (Å²) < 4.78 is 58.2. The van der Waals surface area contributed by atoms with Gasteiger partial charge in [0.2, 0.25) is 20.0 Å². The number of nitroso groups, excluding NO2 is 1. The van der Waals surface area contributed by atoms with Crippen LogP contribution in [0.1, 0.15) is 48.6 Å². The molecule has 5 aromatic carbocycles. The van der Waals surface area contributed by atoms with E-state index < -0.39 is 20.0 Å². The Bertz CT molecular complexity index is 2050. The lowest BCUT2D eigenvalue weighted by atomic mass is 9.90. The van der Waals surface area contributed by atoms with Gasteiger partial charge in [-0.3, -0.25) is 10.7 Å². The van der Waals surface area contributed by atoms with E-state index in [1.807, 2.05) is 36.4 Å². The van der Waals surface area contributed by atoms with Crippen LogP contribution in [-0.2, 0) is 20.0 Å². The van der Waals surface area contributed by atoms with E-state index in [1.165, 1.54) is 56.1 Å². The van der Waals surface area contributed by atoms with E-state index in [9.17, 15) is 26.9 Å². The molecule has 0 bridgehead atoms. The van der Waals surface area contributed by atoms with Crippen LogP contribution < -0.4 is 5.48 Å². The highest BCUT2D eigenvalue weighted by molar-refractivity contribution is 7.89. The van der Waals surface area contributed by atoms with Crippen molar-refractivity contribution < 1.29 is 22.0 Å². The van der Waals surface area contributed by atoms with Crippen molar-refractivity contribution in [1.29, 1.82) is 0 Å². The number of rotatable bonds is 8. The summed E-state index contributed by atoms with van der Waals surface area (Å²) in [6, 6.07) is 28.9. The average molecular weight is 685 g/mol. The van der Waals surface area contributed by atoms with Crippen molar-refractivity contribution in [2.45, 2.75) is 47.3 Å². The van der Waals surface area contributed by atoms with Crippen molar-refractivity contribution in [3.05, 3.63) is 113 Å². The number of sulfonamides is 2. The molecule has 10 nitrogen and oxygen atoms in total. The van der Waals surface area contributed by atoms with Gasteiger partial charge in [0.15, 0.2) is 0 Å². The predicted molar refractivity (Wildman–Crippen MR) is 187 cm³/mol. The number of fused-ring (bicyclic) bond motifs is 2. The van der Waals surface area contributed by atoms with Crippen LogP contribution in [0.5, 0.6) is 0 Å². The summed E-state index contributed by atoms with van der Waals surface area (Å²) in [5.74, 6) is 0.538. The van der Waals surface area contributed by atoms with Crippen LogP contribution in [-0.4, -0.2) is 56.8 Å². The summed E-state index contributed by atoms with van der Waals surface area (Å²) >= 11 is 0. The molecule has 0 spiro atoms. The zero-order valence-corrected chi connectivity index (χ0v) is 27.8. The normalized spacial score (nSPS) is 17.5. The van der Waals surface area contributed by atoms with Crippen LogP contribution in [0.25, 0.3) is 21.5 Å². The molecule has 5 aromatic rings. The molecule has 2 aliphatic heterocycles. The first-order chi connectivity index (χ1) is 23.2. The van der Waals surface area contributed by atoms with Gasteiger partial charge in [0.1, 0.15) is 5.69 Å². The number of hydrogen-bond acceptors (Lipinski definition) is 8. The highest BCUT2D eigenvalue weighted by Crippen LogP contribution is 2.44. The zero-order chi connectivity index (χ0) is 33.5. The van der Waals surface area contributed by atoms with Crippen LogP contribution in [0.2, 0.25) is 0 Å². The Morgan fingerprint density at radius 3 is 1.33 bits per heavy atom. The van der Waals surface area contributed by atoms with Crippen LogP contribution in [0.15, 0.2) is 112 Å². The second-order valence-corrected chi connectivity index (χ2v) is 16.4. The summed E-state index contributed by atoms with van der Waals surface area (Å²) in [5, 5.41) is 14.6. The number of piperidine rings is 2. The Morgan fingerprint density at radius 2 is 0.979 bits per heavy atom. The van der Waals surface area contributed by atoms with Crippen molar-refractivity contribution in [3.8, 4) is 0 Å². The zero-order valence-electron chi connectivity index (χ0n) is 26.2. The van der Waals surface area contributed by atoms with Crippen molar-refractivity contribution in [2.24, 2.45) is 5.18 Å². The van der Waals surface area contributed by atoms with Gasteiger partial charge in [0.25, 0.3) is 0 Å². The third-order valence-corrected chi connectivity index (χ3v) is 13.7. The molecule has 12 heteroatoms. The fourth-order valence-electron chi connectivity index (χ4n) is 7.31. The molecule has 0 atom stereocenters. The van der Waals surface area contributed by atoms with Gasteiger partial charge < -0.3 is 0 Å². The SMILES string of the molecule is O=Nc1c2cc(S(=O)(=O)N3CCC(c4ccccc4)CC3)ccc2c(NO)c2ccc(S(=O)(=O)N3CCC(c4ccccc4)CC3)cc12. The fourth-order valence-corrected chi connectivity index (χ4v) is 10.3. The molecule has 248 valence electrons. The van der Waals surface area contributed by atoms with Crippen LogP contribution >= 0.6 is 0 Å². The molecule has 2 heterocycles. The Morgan fingerprint density at radius 1 is 0.583 bits per heavy atom. The van der Waals surface area contributed by atoms with Gasteiger partial charge in [-0.25, -0.2) is 16.8 Å².